The topological polar surface area (TPSA) is 76.3 Å². The third-order valence-corrected chi connectivity index (χ3v) is 5.20. The maximum atomic E-state index is 12.8. The summed E-state index contributed by atoms with van der Waals surface area (Å²) in [5.74, 6) is 0.151. The number of pyridine rings is 1. The zero-order valence-electron chi connectivity index (χ0n) is 13.5. The maximum absolute atomic E-state index is 12.8. The quantitative estimate of drug-likeness (QED) is 0.864. The first-order chi connectivity index (χ1) is 11.2. The van der Waals surface area contributed by atoms with Crippen LogP contribution in [0.1, 0.15) is 55.4 Å². The Bertz CT molecular complexity index is 555. The average Bonchev–Trinajstić information content (AvgIpc) is 3.11. The Morgan fingerprint density at radius 1 is 1.13 bits per heavy atom. The van der Waals surface area contributed by atoms with E-state index < -0.39 is 12.1 Å². The molecule has 3 rings (SSSR count). The van der Waals surface area contributed by atoms with Gasteiger partial charge in [-0.3, -0.25) is 14.6 Å². The van der Waals surface area contributed by atoms with Gasteiger partial charge < -0.3 is 10.6 Å². The van der Waals surface area contributed by atoms with E-state index >= 15 is 0 Å². The Balaban J connectivity index is 1.70. The number of amides is 1. The van der Waals surface area contributed by atoms with Crippen LogP contribution in [0.15, 0.2) is 24.4 Å². The highest BCUT2D eigenvalue weighted by molar-refractivity contribution is 6.01. The number of hydrogen-bond acceptors (Lipinski definition) is 4. The van der Waals surface area contributed by atoms with Gasteiger partial charge in [0.05, 0.1) is 12.1 Å². The van der Waals surface area contributed by atoms with Crippen LogP contribution in [0.2, 0.25) is 0 Å². The molecule has 1 saturated carbocycles. The Morgan fingerprint density at radius 2 is 1.91 bits per heavy atom. The molecular formula is C18H25N3O2. The van der Waals surface area contributed by atoms with Crippen LogP contribution in [0.25, 0.3) is 0 Å². The largest absolute Gasteiger partial charge is 0.331 e. The Hall–Kier alpha value is -1.75. The standard InChI is InChI=1S/C18H25N3O2/c19-16(13-7-2-1-3-8-13)18(23)21-12-6-10-15(21)17(22)14-9-4-5-11-20-14/h4-5,9,11,13,15-16H,1-3,6-8,10,12,19H2/t15-,16-/m0/s1. The van der Waals surface area contributed by atoms with Gasteiger partial charge in [-0.05, 0) is 43.7 Å². The lowest BCUT2D eigenvalue weighted by Crippen LogP contribution is -2.51. The molecule has 1 saturated heterocycles. The Kier molecular flexibility index (Phi) is 5.06. The van der Waals surface area contributed by atoms with Crippen LogP contribution >= 0.6 is 0 Å². The Labute approximate surface area is 137 Å². The van der Waals surface area contributed by atoms with Crippen molar-refractivity contribution in [3.8, 4) is 0 Å². The average molecular weight is 315 g/mol. The van der Waals surface area contributed by atoms with Crippen molar-refractivity contribution in [3.63, 3.8) is 0 Å². The fraction of sp³-hybridized carbons (Fsp3) is 0.611. The van der Waals surface area contributed by atoms with Crippen LogP contribution in [0.3, 0.4) is 0 Å². The van der Waals surface area contributed by atoms with Crippen molar-refractivity contribution in [1.29, 1.82) is 0 Å². The highest BCUT2D eigenvalue weighted by Crippen LogP contribution is 2.28. The molecule has 5 nitrogen and oxygen atoms in total. The number of aromatic nitrogens is 1. The molecule has 2 N–H and O–H groups in total. The molecule has 0 radical (unpaired) electrons. The van der Waals surface area contributed by atoms with E-state index in [-0.39, 0.29) is 17.6 Å². The molecule has 0 spiro atoms. The van der Waals surface area contributed by atoms with Gasteiger partial charge in [0.2, 0.25) is 11.7 Å². The molecule has 2 fully saturated rings. The van der Waals surface area contributed by atoms with E-state index in [0.29, 0.717) is 18.7 Å². The molecule has 2 aliphatic rings. The van der Waals surface area contributed by atoms with E-state index in [1.54, 1.807) is 29.3 Å². The lowest BCUT2D eigenvalue weighted by Gasteiger charge is -2.32. The van der Waals surface area contributed by atoms with Crippen LogP contribution in [-0.4, -0.2) is 40.2 Å². The zero-order chi connectivity index (χ0) is 16.2. The van der Waals surface area contributed by atoms with Crippen molar-refractivity contribution >= 4 is 11.7 Å². The van der Waals surface area contributed by atoms with Crippen LogP contribution in [-0.2, 0) is 4.79 Å². The number of Topliss-reactive ketones (excluding diaryl/α,β-unsaturated/α-hetero) is 1. The van der Waals surface area contributed by atoms with E-state index in [1.165, 1.54) is 6.42 Å². The van der Waals surface area contributed by atoms with E-state index in [1.807, 2.05) is 0 Å². The van der Waals surface area contributed by atoms with Crippen LogP contribution < -0.4 is 5.73 Å². The van der Waals surface area contributed by atoms with Gasteiger partial charge in [0.15, 0.2) is 0 Å². The fourth-order valence-electron chi connectivity index (χ4n) is 3.87. The first-order valence-corrected chi connectivity index (χ1v) is 8.70. The van der Waals surface area contributed by atoms with E-state index in [0.717, 1.165) is 32.1 Å². The second-order valence-electron chi connectivity index (χ2n) is 6.69. The summed E-state index contributed by atoms with van der Waals surface area (Å²) in [4.78, 5) is 31.3. The predicted molar refractivity (Wildman–Crippen MR) is 87.9 cm³/mol. The van der Waals surface area contributed by atoms with Gasteiger partial charge in [0.25, 0.3) is 0 Å². The summed E-state index contributed by atoms with van der Waals surface area (Å²) >= 11 is 0. The van der Waals surface area contributed by atoms with Crippen molar-refractivity contribution in [1.82, 2.24) is 9.88 Å². The number of rotatable bonds is 4. The first-order valence-electron chi connectivity index (χ1n) is 8.70. The molecule has 124 valence electrons. The highest BCUT2D eigenvalue weighted by Gasteiger charge is 2.38. The minimum absolute atomic E-state index is 0.0521. The first kappa shape index (κ1) is 16.1. The van der Waals surface area contributed by atoms with Gasteiger partial charge in [0, 0.05) is 12.7 Å². The van der Waals surface area contributed by atoms with E-state index in [2.05, 4.69) is 4.98 Å². The van der Waals surface area contributed by atoms with Gasteiger partial charge in [-0.15, -0.1) is 0 Å². The third kappa shape index (κ3) is 3.44. The normalized spacial score (nSPS) is 23.7. The SMILES string of the molecule is N[C@H](C(=O)N1CCC[C@H]1C(=O)c1ccccn1)C1CCCCC1. The Morgan fingerprint density at radius 3 is 2.61 bits per heavy atom. The highest BCUT2D eigenvalue weighted by atomic mass is 16.2. The zero-order valence-corrected chi connectivity index (χ0v) is 13.5. The monoisotopic (exact) mass is 315 g/mol. The maximum Gasteiger partial charge on any atom is 0.240 e. The minimum Gasteiger partial charge on any atom is -0.331 e. The summed E-state index contributed by atoms with van der Waals surface area (Å²) in [5, 5.41) is 0. The molecular weight excluding hydrogens is 290 g/mol. The minimum atomic E-state index is -0.465. The van der Waals surface area contributed by atoms with Gasteiger partial charge in [0.1, 0.15) is 5.69 Å². The number of carbonyl (C=O) groups is 2. The predicted octanol–water partition coefficient (Wildman–Crippen LogP) is 2.16. The van der Waals surface area contributed by atoms with Crippen molar-refractivity contribution in [3.05, 3.63) is 30.1 Å². The summed E-state index contributed by atoms with van der Waals surface area (Å²) in [6.07, 6.45) is 8.78. The summed E-state index contributed by atoms with van der Waals surface area (Å²) in [6.45, 7) is 0.627. The van der Waals surface area contributed by atoms with Crippen molar-refractivity contribution < 1.29 is 9.59 Å². The van der Waals surface area contributed by atoms with Crippen molar-refractivity contribution in [2.24, 2.45) is 11.7 Å². The smallest absolute Gasteiger partial charge is 0.240 e. The molecule has 2 heterocycles. The fourth-order valence-corrected chi connectivity index (χ4v) is 3.87. The van der Waals surface area contributed by atoms with Gasteiger partial charge >= 0.3 is 0 Å². The summed E-state index contributed by atoms with van der Waals surface area (Å²) in [5.41, 5.74) is 6.69. The number of nitrogens with two attached hydrogens (primary N) is 1. The van der Waals surface area contributed by atoms with Crippen molar-refractivity contribution in [2.45, 2.75) is 57.0 Å². The number of nitrogens with zero attached hydrogens (tertiary/aromatic N) is 2. The summed E-state index contributed by atoms with van der Waals surface area (Å²) in [7, 11) is 0. The molecule has 0 bridgehead atoms. The van der Waals surface area contributed by atoms with Gasteiger partial charge in [-0.2, -0.15) is 0 Å². The van der Waals surface area contributed by atoms with Gasteiger partial charge in [-0.1, -0.05) is 25.3 Å². The van der Waals surface area contributed by atoms with E-state index in [4.69, 9.17) is 5.73 Å². The third-order valence-electron chi connectivity index (χ3n) is 5.20. The molecule has 1 amide bonds. The molecule has 0 aromatic carbocycles. The lowest BCUT2D eigenvalue weighted by atomic mass is 9.83. The van der Waals surface area contributed by atoms with E-state index in [9.17, 15) is 9.59 Å². The molecule has 2 atom stereocenters. The number of likely N-dealkylation sites (tertiary alicyclic amines) is 1. The molecule has 1 aliphatic carbocycles. The van der Waals surface area contributed by atoms with Crippen LogP contribution in [0.4, 0.5) is 0 Å². The number of carbonyl (C=O) groups excluding carboxylic acids is 2. The van der Waals surface area contributed by atoms with Crippen LogP contribution in [0.5, 0.6) is 0 Å². The molecule has 1 aromatic heterocycles. The molecule has 0 unspecified atom stereocenters. The molecule has 1 aromatic rings. The lowest BCUT2D eigenvalue weighted by molar-refractivity contribution is -0.134. The summed E-state index contributed by atoms with van der Waals surface area (Å²) in [6, 6.07) is 4.44. The molecule has 5 heteroatoms. The van der Waals surface area contributed by atoms with Crippen LogP contribution in [0, 0.1) is 5.92 Å². The molecule has 1 aliphatic heterocycles. The number of ketones is 1. The second-order valence-corrected chi connectivity index (χ2v) is 6.69. The van der Waals surface area contributed by atoms with Gasteiger partial charge in [-0.25, -0.2) is 0 Å². The summed E-state index contributed by atoms with van der Waals surface area (Å²) < 4.78 is 0. The number of hydrogen-bond donors (Lipinski definition) is 1. The van der Waals surface area contributed by atoms with Crippen molar-refractivity contribution in [2.75, 3.05) is 6.54 Å². The second kappa shape index (κ2) is 7.21. The molecule has 23 heavy (non-hydrogen) atoms.